The number of hydrogen-bond acceptors (Lipinski definition) is 2. The number of cyclic esters (lactones) is 1. The summed E-state index contributed by atoms with van der Waals surface area (Å²) in [5.74, 6) is 0.253. The molecule has 2 heteroatoms. The molecule has 0 saturated carbocycles. The van der Waals surface area contributed by atoms with Crippen LogP contribution in [0.25, 0.3) is 0 Å². The molecule has 0 bridgehead atoms. The molecule has 1 aliphatic heterocycles. The first kappa shape index (κ1) is 9.71. The maximum atomic E-state index is 11.6. The fourth-order valence-corrected chi connectivity index (χ4v) is 1.63. The summed E-state index contributed by atoms with van der Waals surface area (Å²) in [5.41, 5.74) is 0.974. The van der Waals surface area contributed by atoms with Crippen LogP contribution in [0.4, 0.5) is 0 Å². The van der Waals surface area contributed by atoms with Crippen LogP contribution in [0.15, 0.2) is 54.8 Å². The van der Waals surface area contributed by atoms with Gasteiger partial charge in [-0.3, -0.25) is 4.79 Å². The van der Waals surface area contributed by atoms with Crippen molar-refractivity contribution < 1.29 is 9.53 Å². The molecule has 1 heterocycles. The molecule has 0 N–H and O–H groups in total. The number of ether oxygens (including phenoxy) is 1. The quantitative estimate of drug-likeness (QED) is 0.554. The molecule has 1 aromatic rings. The van der Waals surface area contributed by atoms with Gasteiger partial charge in [-0.2, -0.15) is 0 Å². The van der Waals surface area contributed by atoms with Crippen LogP contribution in [0.2, 0.25) is 0 Å². The molecule has 0 fully saturated rings. The van der Waals surface area contributed by atoms with E-state index in [4.69, 9.17) is 4.74 Å². The lowest BCUT2D eigenvalue weighted by Gasteiger charge is -2.03. The van der Waals surface area contributed by atoms with Crippen LogP contribution in [0, 0.1) is 0 Å². The largest absolute Gasteiger partial charge is 0.430 e. The first-order chi connectivity index (χ1) is 7.31. The first-order valence-corrected chi connectivity index (χ1v) is 4.89. The summed E-state index contributed by atoms with van der Waals surface area (Å²) < 4.78 is 5.12. The van der Waals surface area contributed by atoms with Gasteiger partial charge in [-0.25, -0.2) is 0 Å². The third-order valence-electron chi connectivity index (χ3n) is 2.34. The molecule has 1 aromatic carbocycles. The minimum Gasteiger partial charge on any atom is -0.430 e. The van der Waals surface area contributed by atoms with Crippen molar-refractivity contribution in [3.05, 3.63) is 60.4 Å². The van der Waals surface area contributed by atoms with E-state index in [-0.39, 0.29) is 11.9 Å². The molecule has 1 unspecified atom stereocenters. The van der Waals surface area contributed by atoms with Crippen molar-refractivity contribution in [2.45, 2.75) is 12.3 Å². The number of esters is 1. The standard InChI is InChI=1S/C13H12O2/c1-2-6-11-9-12(13(14)15-11)10-7-4-3-5-8-10/h2-5,7-9,12H,1,6H2. The van der Waals surface area contributed by atoms with Crippen LogP contribution in [-0.4, -0.2) is 5.97 Å². The molecule has 76 valence electrons. The zero-order valence-electron chi connectivity index (χ0n) is 8.35. The number of carbonyl (C=O) groups excluding carboxylic acids is 1. The van der Waals surface area contributed by atoms with Gasteiger partial charge in [0.05, 0.1) is 0 Å². The summed E-state index contributed by atoms with van der Waals surface area (Å²) >= 11 is 0. The molecular weight excluding hydrogens is 188 g/mol. The summed E-state index contributed by atoms with van der Waals surface area (Å²) in [6.45, 7) is 3.61. The molecular formula is C13H12O2. The van der Waals surface area contributed by atoms with Gasteiger partial charge in [0, 0.05) is 6.42 Å². The third kappa shape index (κ3) is 1.99. The highest BCUT2D eigenvalue weighted by molar-refractivity contribution is 5.84. The van der Waals surface area contributed by atoms with E-state index in [0.717, 1.165) is 5.56 Å². The topological polar surface area (TPSA) is 26.3 Å². The lowest BCUT2D eigenvalue weighted by atomic mass is 10.00. The monoisotopic (exact) mass is 200 g/mol. The van der Waals surface area contributed by atoms with Gasteiger partial charge in [-0.1, -0.05) is 36.4 Å². The van der Waals surface area contributed by atoms with Crippen molar-refractivity contribution in [2.24, 2.45) is 0 Å². The maximum Gasteiger partial charge on any atom is 0.322 e. The van der Waals surface area contributed by atoms with Gasteiger partial charge in [-0.15, -0.1) is 6.58 Å². The molecule has 2 rings (SSSR count). The fraction of sp³-hybridized carbons (Fsp3) is 0.154. The second-order valence-electron chi connectivity index (χ2n) is 3.44. The number of allylic oxidation sites excluding steroid dienone is 1. The van der Waals surface area contributed by atoms with Crippen molar-refractivity contribution >= 4 is 5.97 Å². The van der Waals surface area contributed by atoms with Gasteiger partial charge >= 0.3 is 5.97 Å². The molecule has 1 aliphatic rings. The lowest BCUT2D eigenvalue weighted by Crippen LogP contribution is -2.06. The van der Waals surface area contributed by atoms with Crippen molar-refractivity contribution in [1.29, 1.82) is 0 Å². The highest BCUT2D eigenvalue weighted by Gasteiger charge is 2.27. The number of hydrogen-bond donors (Lipinski definition) is 0. The van der Waals surface area contributed by atoms with E-state index in [1.165, 1.54) is 0 Å². The Bertz CT molecular complexity index is 404. The van der Waals surface area contributed by atoms with E-state index in [1.807, 2.05) is 36.4 Å². The van der Waals surface area contributed by atoms with E-state index in [1.54, 1.807) is 6.08 Å². The second-order valence-corrected chi connectivity index (χ2v) is 3.44. The molecule has 0 saturated heterocycles. The van der Waals surface area contributed by atoms with Gasteiger partial charge in [0.2, 0.25) is 0 Å². The Labute approximate surface area is 88.9 Å². The average Bonchev–Trinajstić information content (AvgIpc) is 2.61. The molecule has 0 spiro atoms. The minimum atomic E-state index is -0.249. The summed E-state index contributed by atoms with van der Waals surface area (Å²) in [7, 11) is 0. The van der Waals surface area contributed by atoms with Gasteiger partial charge in [0.25, 0.3) is 0 Å². The minimum absolute atomic E-state index is 0.196. The fourth-order valence-electron chi connectivity index (χ4n) is 1.63. The Morgan fingerprint density at radius 3 is 2.73 bits per heavy atom. The zero-order chi connectivity index (χ0) is 10.7. The van der Waals surface area contributed by atoms with E-state index < -0.39 is 0 Å². The molecule has 15 heavy (non-hydrogen) atoms. The predicted molar refractivity (Wildman–Crippen MR) is 58.2 cm³/mol. The summed E-state index contributed by atoms with van der Waals surface area (Å²) in [6.07, 6.45) is 4.20. The summed E-state index contributed by atoms with van der Waals surface area (Å²) in [5, 5.41) is 0. The Morgan fingerprint density at radius 2 is 2.07 bits per heavy atom. The van der Waals surface area contributed by atoms with Crippen molar-refractivity contribution in [3.63, 3.8) is 0 Å². The molecule has 0 aliphatic carbocycles. The van der Waals surface area contributed by atoms with Crippen molar-refractivity contribution in [3.8, 4) is 0 Å². The molecule has 0 aromatic heterocycles. The van der Waals surface area contributed by atoms with Crippen molar-refractivity contribution in [2.75, 3.05) is 0 Å². The van der Waals surface area contributed by atoms with E-state index in [0.29, 0.717) is 12.2 Å². The smallest absolute Gasteiger partial charge is 0.322 e. The van der Waals surface area contributed by atoms with Gasteiger partial charge < -0.3 is 4.74 Å². The van der Waals surface area contributed by atoms with Crippen LogP contribution < -0.4 is 0 Å². The molecule has 1 atom stereocenters. The zero-order valence-corrected chi connectivity index (χ0v) is 8.35. The van der Waals surface area contributed by atoms with E-state index in [2.05, 4.69) is 6.58 Å². The molecule has 2 nitrogen and oxygen atoms in total. The molecule has 0 amide bonds. The first-order valence-electron chi connectivity index (χ1n) is 4.89. The normalized spacial score (nSPS) is 19.6. The Morgan fingerprint density at radius 1 is 1.33 bits per heavy atom. The van der Waals surface area contributed by atoms with Gasteiger partial charge in [0.1, 0.15) is 11.7 Å². The highest BCUT2D eigenvalue weighted by atomic mass is 16.5. The Kier molecular flexibility index (Phi) is 2.68. The van der Waals surface area contributed by atoms with Crippen LogP contribution in [0.5, 0.6) is 0 Å². The van der Waals surface area contributed by atoms with Crippen LogP contribution in [0.1, 0.15) is 17.9 Å². The SMILES string of the molecule is C=CCC1=CC(c2ccccc2)C(=O)O1. The Hall–Kier alpha value is -1.83. The lowest BCUT2D eigenvalue weighted by molar-refractivity contribution is -0.137. The predicted octanol–water partition coefficient (Wildman–Crippen LogP) is 2.79. The number of carbonyl (C=O) groups is 1. The maximum absolute atomic E-state index is 11.6. The summed E-state index contributed by atoms with van der Waals surface area (Å²) in [4.78, 5) is 11.6. The second kappa shape index (κ2) is 4.13. The van der Waals surface area contributed by atoms with Gasteiger partial charge in [0.15, 0.2) is 0 Å². The number of rotatable bonds is 3. The van der Waals surface area contributed by atoms with E-state index >= 15 is 0 Å². The summed E-state index contributed by atoms with van der Waals surface area (Å²) in [6, 6.07) is 9.63. The van der Waals surface area contributed by atoms with Crippen LogP contribution >= 0.6 is 0 Å². The van der Waals surface area contributed by atoms with Gasteiger partial charge in [-0.05, 0) is 11.6 Å². The number of benzene rings is 1. The Balaban J connectivity index is 2.24. The van der Waals surface area contributed by atoms with Crippen LogP contribution in [0.3, 0.4) is 0 Å². The average molecular weight is 200 g/mol. The molecule has 0 radical (unpaired) electrons. The van der Waals surface area contributed by atoms with Crippen LogP contribution in [-0.2, 0) is 9.53 Å². The van der Waals surface area contributed by atoms with E-state index in [9.17, 15) is 4.79 Å². The highest BCUT2D eigenvalue weighted by Crippen LogP contribution is 2.28. The third-order valence-corrected chi connectivity index (χ3v) is 2.34. The van der Waals surface area contributed by atoms with Crippen molar-refractivity contribution in [1.82, 2.24) is 0 Å².